The first kappa shape index (κ1) is 17.7. The number of aliphatic carboxylic acids is 1. The van der Waals surface area contributed by atoms with Crippen LogP contribution in [0.25, 0.3) is 0 Å². The molecular formula is C19H26N2O4. The molecule has 1 spiro atoms. The molecule has 0 aromatic heterocycles. The second-order valence-electron chi connectivity index (χ2n) is 7.45. The van der Waals surface area contributed by atoms with E-state index in [1.165, 1.54) is 0 Å². The molecule has 0 aliphatic carbocycles. The van der Waals surface area contributed by atoms with E-state index in [1.54, 1.807) is 13.2 Å². The van der Waals surface area contributed by atoms with Crippen molar-refractivity contribution in [2.75, 3.05) is 33.8 Å². The van der Waals surface area contributed by atoms with Crippen molar-refractivity contribution >= 4 is 11.9 Å². The van der Waals surface area contributed by atoms with Crippen LogP contribution < -0.4 is 4.74 Å². The number of ether oxygens (including phenoxy) is 1. The maximum atomic E-state index is 12.8. The highest BCUT2D eigenvalue weighted by molar-refractivity contribution is 5.94. The molecule has 1 amide bonds. The minimum atomic E-state index is -0.746. The SMILES string of the molecule is COc1cc(C(=O)N2CCC3(CC2)CC(C(=O)O)N(C)C3)ccc1C. The van der Waals surface area contributed by atoms with E-state index in [4.69, 9.17) is 4.74 Å². The van der Waals surface area contributed by atoms with E-state index in [2.05, 4.69) is 0 Å². The van der Waals surface area contributed by atoms with Gasteiger partial charge in [-0.15, -0.1) is 0 Å². The molecule has 6 heteroatoms. The van der Waals surface area contributed by atoms with Crippen molar-refractivity contribution in [1.29, 1.82) is 0 Å². The quantitative estimate of drug-likeness (QED) is 0.907. The number of carboxylic acids is 1. The van der Waals surface area contributed by atoms with Crippen LogP contribution in [0.5, 0.6) is 5.75 Å². The maximum absolute atomic E-state index is 12.8. The Labute approximate surface area is 148 Å². The molecule has 3 rings (SSSR count). The molecule has 136 valence electrons. The largest absolute Gasteiger partial charge is 0.496 e. The van der Waals surface area contributed by atoms with Crippen molar-refractivity contribution in [3.8, 4) is 5.75 Å². The smallest absolute Gasteiger partial charge is 0.320 e. The Morgan fingerprint density at radius 2 is 1.96 bits per heavy atom. The second kappa shape index (κ2) is 6.67. The van der Waals surface area contributed by atoms with Gasteiger partial charge in [0, 0.05) is 25.2 Å². The van der Waals surface area contributed by atoms with Gasteiger partial charge in [-0.25, -0.2) is 0 Å². The monoisotopic (exact) mass is 346 g/mol. The van der Waals surface area contributed by atoms with Gasteiger partial charge in [0.1, 0.15) is 11.8 Å². The molecule has 2 saturated heterocycles. The maximum Gasteiger partial charge on any atom is 0.320 e. The molecular weight excluding hydrogens is 320 g/mol. The molecule has 25 heavy (non-hydrogen) atoms. The first-order valence-corrected chi connectivity index (χ1v) is 8.72. The number of benzene rings is 1. The average Bonchev–Trinajstić information content (AvgIpc) is 2.92. The number of rotatable bonds is 3. The summed E-state index contributed by atoms with van der Waals surface area (Å²) >= 11 is 0. The zero-order valence-electron chi connectivity index (χ0n) is 15.1. The Balaban J connectivity index is 1.66. The van der Waals surface area contributed by atoms with E-state index < -0.39 is 12.0 Å². The minimum absolute atomic E-state index is 0.0225. The molecule has 1 atom stereocenters. The normalized spacial score (nSPS) is 23.0. The molecule has 0 bridgehead atoms. The van der Waals surface area contributed by atoms with E-state index >= 15 is 0 Å². The number of amides is 1. The Bertz CT molecular complexity index is 680. The van der Waals surface area contributed by atoms with Crippen LogP contribution >= 0.6 is 0 Å². The fourth-order valence-electron chi connectivity index (χ4n) is 4.23. The highest BCUT2D eigenvalue weighted by atomic mass is 16.5. The summed E-state index contributed by atoms with van der Waals surface area (Å²) in [7, 11) is 3.49. The van der Waals surface area contributed by atoms with Crippen molar-refractivity contribution in [1.82, 2.24) is 9.80 Å². The highest BCUT2D eigenvalue weighted by Gasteiger charge is 2.47. The molecule has 1 unspecified atom stereocenters. The van der Waals surface area contributed by atoms with Crippen LogP contribution in [0, 0.1) is 12.3 Å². The summed E-state index contributed by atoms with van der Waals surface area (Å²) in [5, 5.41) is 9.34. The Hall–Kier alpha value is -2.08. The van der Waals surface area contributed by atoms with Gasteiger partial charge in [-0.1, -0.05) is 6.07 Å². The summed E-state index contributed by atoms with van der Waals surface area (Å²) in [5.41, 5.74) is 1.68. The summed E-state index contributed by atoms with van der Waals surface area (Å²) in [5.74, 6) is -0.0000325. The molecule has 0 radical (unpaired) electrons. The number of aryl methyl sites for hydroxylation is 1. The van der Waals surface area contributed by atoms with Gasteiger partial charge in [-0.05, 0) is 56.3 Å². The van der Waals surface area contributed by atoms with Crippen LogP contribution in [0.2, 0.25) is 0 Å². The van der Waals surface area contributed by atoms with E-state index in [-0.39, 0.29) is 11.3 Å². The molecule has 1 N–H and O–H groups in total. The molecule has 0 saturated carbocycles. The third-order valence-electron chi connectivity index (χ3n) is 5.79. The number of likely N-dealkylation sites (N-methyl/N-ethyl adjacent to an activating group) is 1. The van der Waals surface area contributed by atoms with Gasteiger partial charge in [0.15, 0.2) is 0 Å². The van der Waals surface area contributed by atoms with Gasteiger partial charge in [-0.3, -0.25) is 14.5 Å². The van der Waals surface area contributed by atoms with Crippen molar-refractivity contribution in [2.24, 2.45) is 5.41 Å². The molecule has 2 aliphatic rings. The molecule has 1 aromatic rings. The second-order valence-corrected chi connectivity index (χ2v) is 7.45. The molecule has 6 nitrogen and oxygen atoms in total. The van der Waals surface area contributed by atoms with Gasteiger partial charge < -0.3 is 14.7 Å². The number of carboxylic acid groups (broad SMARTS) is 1. The predicted octanol–water partition coefficient (Wildman–Crippen LogP) is 2.01. The van der Waals surface area contributed by atoms with Gasteiger partial charge in [-0.2, -0.15) is 0 Å². The lowest BCUT2D eigenvalue weighted by Gasteiger charge is -2.39. The Morgan fingerprint density at radius 3 is 2.52 bits per heavy atom. The Kier molecular flexibility index (Phi) is 4.73. The zero-order valence-corrected chi connectivity index (χ0v) is 15.1. The lowest BCUT2D eigenvalue weighted by atomic mass is 9.76. The van der Waals surface area contributed by atoms with Gasteiger partial charge >= 0.3 is 5.97 Å². The van der Waals surface area contributed by atoms with E-state index in [0.29, 0.717) is 25.1 Å². The number of carbonyl (C=O) groups is 2. The van der Waals surface area contributed by atoms with E-state index in [9.17, 15) is 14.7 Å². The molecule has 1 aromatic carbocycles. The fraction of sp³-hybridized carbons (Fsp3) is 0.579. The van der Waals surface area contributed by atoms with Gasteiger partial charge in [0.25, 0.3) is 5.91 Å². The zero-order chi connectivity index (χ0) is 18.2. The van der Waals surface area contributed by atoms with Crippen LogP contribution in [-0.2, 0) is 4.79 Å². The third-order valence-corrected chi connectivity index (χ3v) is 5.79. The number of carbonyl (C=O) groups excluding carboxylic acids is 1. The summed E-state index contributed by atoms with van der Waals surface area (Å²) in [6, 6.07) is 5.14. The van der Waals surface area contributed by atoms with Crippen LogP contribution in [0.4, 0.5) is 0 Å². The lowest BCUT2D eigenvalue weighted by Crippen LogP contribution is -2.44. The summed E-state index contributed by atoms with van der Waals surface area (Å²) < 4.78 is 5.31. The lowest BCUT2D eigenvalue weighted by molar-refractivity contribution is -0.141. The first-order chi connectivity index (χ1) is 11.8. The van der Waals surface area contributed by atoms with E-state index in [0.717, 1.165) is 30.7 Å². The summed E-state index contributed by atoms with van der Waals surface area (Å²) in [6.45, 7) is 4.10. The topological polar surface area (TPSA) is 70.1 Å². The fourth-order valence-corrected chi connectivity index (χ4v) is 4.23. The van der Waals surface area contributed by atoms with Crippen molar-refractivity contribution in [3.63, 3.8) is 0 Å². The number of hydrogen-bond acceptors (Lipinski definition) is 4. The number of likely N-dealkylation sites (tertiary alicyclic amines) is 2. The first-order valence-electron chi connectivity index (χ1n) is 8.72. The third kappa shape index (κ3) is 3.35. The van der Waals surface area contributed by atoms with Crippen molar-refractivity contribution < 1.29 is 19.4 Å². The van der Waals surface area contributed by atoms with Crippen molar-refractivity contribution in [3.05, 3.63) is 29.3 Å². The highest BCUT2D eigenvalue weighted by Crippen LogP contribution is 2.43. The Morgan fingerprint density at radius 1 is 1.28 bits per heavy atom. The van der Waals surface area contributed by atoms with Gasteiger partial charge in [0.2, 0.25) is 0 Å². The van der Waals surface area contributed by atoms with Crippen LogP contribution in [-0.4, -0.2) is 66.6 Å². The van der Waals surface area contributed by atoms with Crippen LogP contribution in [0.1, 0.15) is 35.2 Å². The number of piperidine rings is 1. The summed E-state index contributed by atoms with van der Waals surface area (Å²) in [6.07, 6.45) is 2.39. The molecule has 2 heterocycles. The predicted molar refractivity (Wildman–Crippen MR) is 94.0 cm³/mol. The number of hydrogen-bond donors (Lipinski definition) is 1. The van der Waals surface area contributed by atoms with Crippen molar-refractivity contribution in [2.45, 2.75) is 32.2 Å². The van der Waals surface area contributed by atoms with Crippen LogP contribution in [0.15, 0.2) is 18.2 Å². The molecule has 2 aliphatic heterocycles. The van der Waals surface area contributed by atoms with Gasteiger partial charge in [0.05, 0.1) is 7.11 Å². The number of nitrogens with zero attached hydrogens (tertiary/aromatic N) is 2. The standard InChI is InChI=1S/C19H26N2O4/c1-13-4-5-14(10-16(13)25-3)17(22)21-8-6-19(7-9-21)11-15(18(23)24)20(2)12-19/h4-5,10,15H,6-9,11-12H2,1-3H3,(H,23,24). The number of methoxy groups -OCH3 is 1. The van der Waals surface area contributed by atoms with E-state index in [1.807, 2.05) is 35.9 Å². The summed E-state index contributed by atoms with van der Waals surface area (Å²) in [4.78, 5) is 28.0. The molecule has 2 fully saturated rings. The van der Waals surface area contributed by atoms with Crippen LogP contribution in [0.3, 0.4) is 0 Å². The minimum Gasteiger partial charge on any atom is -0.496 e. The average molecular weight is 346 g/mol.